The third-order valence-corrected chi connectivity index (χ3v) is 1.14. The monoisotopic (exact) mass is 190 g/mol. The molecule has 1 heterocycles. The van der Waals surface area contributed by atoms with Gasteiger partial charge in [-0.1, -0.05) is 0 Å². The topological polar surface area (TPSA) is 96.4 Å². The number of hydrogen-bond acceptors (Lipinski definition) is 4. The van der Waals surface area contributed by atoms with Gasteiger partial charge in [-0.2, -0.15) is 0 Å². The standard InChI is InChI=1S/C6H6N2O3.ClH/c7-5-4(9)1-3(2-8-5)6(10)11;/h1-2,9H,(H2,7,8)(H,10,11);1H. The molecule has 12 heavy (non-hydrogen) atoms. The summed E-state index contributed by atoms with van der Waals surface area (Å²) in [4.78, 5) is 13.7. The first kappa shape index (κ1) is 10.5. The van der Waals surface area contributed by atoms with Gasteiger partial charge >= 0.3 is 5.97 Å². The van der Waals surface area contributed by atoms with Crippen LogP contribution in [-0.2, 0) is 0 Å². The lowest BCUT2D eigenvalue weighted by atomic mass is 10.3. The Morgan fingerprint density at radius 2 is 2.17 bits per heavy atom. The minimum absolute atomic E-state index is 0. The number of pyridine rings is 1. The van der Waals surface area contributed by atoms with Gasteiger partial charge in [-0.05, 0) is 6.07 Å². The molecule has 5 nitrogen and oxygen atoms in total. The molecule has 0 aliphatic heterocycles. The van der Waals surface area contributed by atoms with Crippen LogP contribution in [0.25, 0.3) is 0 Å². The molecule has 6 heteroatoms. The summed E-state index contributed by atoms with van der Waals surface area (Å²) in [5.41, 5.74) is 5.05. The minimum Gasteiger partial charge on any atom is -0.504 e. The second kappa shape index (κ2) is 3.77. The summed E-state index contributed by atoms with van der Waals surface area (Å²) < 4.78 is 0. The first-order valence-corrected chi connectivity index (χ1v) is 2.79. The SMILES string of the molecule is Cl.Nc1ncc(C(=O)O)cc1O. The summed E-state index contributed by atoms with van der Waals surface area (Å²) in [5.74, 6) is -1.53. The zero-order valence-electron chi connectivity index (χ0n) is 5.89. The molecule has 0 saturated carbocycles. The Hall–Kier alpha value is -1.49. The van der Waals surface area contributed by atoms with E-state index in [9.17, 15) is 4.79 Å². The highest BCUT2D eigenvalue weighted by Gasteiger charge is 2.05. The van der Waals surface area contributed by atoms with E-state index in [0.717, 1.165) is 12.3 Å². The number of carbonyl (C=O) groups is 1. The molecule has 0 spiro atoms. The average molecular weight is 191 g/mol. The molecule has 0 unspecified atom stereocenters. The molecule has 0 atom stereocenters. The van der Waals surface area contributed by atoms with Crippen molar-refractivity contribution in [1.82, 2.24) is 4.98 Å². The van der Waals surface area contributed by atoms with Crippen LogP contribution in [-0.4, -0.2) is 21.2 Å². The zero-order valence-corrected chi connectivity index (χ0v) is 6.71. The second-order valence-corrected chi connectivity index (χ2v) is 1.93. The van der Waals surface area contributed by atoms with Crippen LogP contribution in [0.2, 0.25) is 0 Å². The fourth-order valence-corrected chi connectivity index (χ4v) is 0.581. The van der Waals surface area contributed by atoms with Gasteiger partial charge in [0.1, 0.15) is 0 Å². The molecule has 1 rings (SSSR count). The zero-order chi connectivity index (χ0) is 8.43. The molecular formula is C6H7ClN2O3. The van der Waals surface area contributed by atoms with E-state index in [1.54, 1.807) is 0 Å². The largest absolute Gasteiger partial charge is 0.504 e. The van der Waals surface area contributed by atoms with Crippen LogP contribution in [0, 0.1) is 0 Å². The first-order valence-electron chi connectivity index (χ1n) is 2.79. The van der Waals surface area contributed by atoms with E-state index in [1.165, 1.54) is 0 Å². The lowest BCUT2D eigenvalue weighted by molar-refractivity contribution is 0.0696. The summed E-state index contributed by atoms with van der Waals surface area (Å²) >= 11 is 0. The number of nitrogens with zero attached hydrogens (tertiary/aromatic N) is 1. The smallest absolute Gasteiger partial charge is 0.337 e. The molecule has 0 aliphatic carbocycles. The van der Waals surface area contributed by atoms with Gasteiger partial charge in [0.05, 0.1) is 5.56 Å². The molecule has 66 valence electrons. The van der Waals surface area contributed by atoms with Gasteiger partial charge in [0.25, 0.3) is 0 Å². The summed E-state index contributed by atoms with van der Waals surface area (Å²) in [6.45, 7) is 0. The van der Waals surface area contributed by atoms with Crippen LogP contribution in [0.5, 0.6) is 5.75 Å². The van der Waals surface area contributed by atoms with Crippen molar-refractivity contribution < 1.29 is 15.0 Å². The molecule has 0 aromatic carbocycles. The number of aromatic hydroxyl groups is 1. The van der Waals surface area contributed by atoms with E-state index < -0.39 is 5.97 Å². The van der Waals surface area contributed by atoms with Crippen LogP contribution in [0.15, 0.2) is 12.3 Å². The van der Waals surface area contributed by atoms with Crippen LogP contribution in [0.4, 0.5) is 5.82 Å². The van der Waals surface area contributed by atoms with Gasteiger partial charge in [-0.25, -0.2) is 9.78 Å². The summed E-state index contributed by atoms with van der Waals surface area (Å²) in [6, 6.07) is 1.05. The van der Waals surface area contributed by atoms with Gasteiger partial charge < -0.3 is 15.9 Å². The van der Waals surface area contributed by atoms with Crippen molar-refractivity contribution in [1.29, 1.82) is 0 Å². The highest BCUT2D eigenvalue weighted by Crippen LogP contribution is 2.16. The molecule has 4 N–H and O–H groups in total. The van der Waals surface area contributed by atoms with Crippen molar-refractivity contribution >= 4 is 24.2 Å². The highest BCUT2D eigenvalue weighted by atomic mass is 35.5. The van der Waals surface area contributed by atoms with Crippen molar-refractivity contribution in [2.75, 3.05) is 5.73 Å². The van der Waals surface area contributed by atoms with Crippen molar-refractivity contribution in [2.24, 2.45) is 0 Å². The predicted molar refractivity (Wildman–Crippen MR) is 44.5 cm³/mol. The van der Waals surface area contributed by atoms with E-state index in [0.29, 0.717) is 0 Å². The first-order chi connectivity index (χ1) is 5.11. The number of carboxylic acid groups (broad SMARTS) is 1. The molecule has 1 aromatic heterocycles. The maximum atomic E-state index is 10.3. The molecule has 0 bridgehead atoms. The molecule has 1 aromatic rings. The number of anilines is 1. The number of aromatic carboxylic acids is 1. The minimum atomic E-state index is -1.15. The molecule has 0 amide bonds. The molecule has 0 aliphatic rings. The van der Waals surface area contributed by atoms with Crippen molar-refractivity contribution in [3.8, 4) is 5.75 Å². The number of hydrogen-bond donors (Lipinski definition) is 3. The lowest BCUT2D eigenvalue weighted by Crippen LogP contribution is -1.99. The maximum Gasteiger partial charge on any atom is 0.337 e. The fraction of sp³-hybridized carbons (Fsp3) is 0. The Labute approximate surface area is 74.3 Å². The van der Waals surface area contributed by atoms with Gasteiger partial charge in [-0.3, -0.25) is 0 Å². The van der Waals surface area contributed by atoms with E-state index in [2.05, 4.69) is 4.98 Å². The Bertz CT molecular complexity index is 303. The predicted octanol–water partition coefficient (Wildman–Crippen LogP) is 0.489. The quantitative estimate of drug-likeness (QED) is 0.599. The lowest BCUT2D eigenvalue weighted by Gasteiger charge is -1.97. The van der Waals surface area contributed by atoms with Gasteiger partial charge in [-0.15, -0.1) is 12.4 Å². The van der Waals surface area contributed by atoms with E-state index in [-0.39, 0.29) is 29.5 Å². The Morgan fingerprint density at radius 1 is 1.58 bits per heavy atom. The molecule has 0 saturated heterocycles. The second-order valence-electron chi connectivity index (χ2n) is 1.93. The number of carboxylic acids is 1. The number of nitrogen functional groups attached to an aromatic ring is 1. The average Bonchev–Trinajstić information content (AvgIpc) is 1.94. The third-order valence-electron chi connectivity index (χ3n) is 1.14. The Morgan fingerprint density at radius 3 is 2.58 bits per heavy atom. The highest BCUT2D eigenvalue weighted by molar-refractivity contribution is 5.88. The van der Waals surface area contributed by atoms with Crippen LogP contribution < -0.4 is 5.73 Å². The van der Waals surface area contributed by atoms with Gasteiger partial charge in [0.15, 0.2) is 11.6 Å². The van der Waals surface area contributed by atoms with Crippen LogP contribution in [0.3, 0.4) is 0 Å². The normalized spacial score (nSPS) is 8.67. The van der Waals surface area contributed by atoms with Crippen LogP contribution in [0.1, 0.15) is 10.4 Å². The van der Waals surface area contributed by atoms with Crippen molar-refractivity contribution in [2.45, 2.75) is 0 Å². The molecule has 0 fully saturated rings. The summed E-state index contributed by atoms with van der Waals surface area (Å²) in [7, 11) is 0. The number of halogens is 1. The maximum absolute atomic E-state index is 10.3. The number of rotatable bonds is 1. The summed E-state index contributed by atoms with van der Waals surface area (Å²) in [6.07, 6.45) is 1.08. The Balaban J connectivity index is 0.00000121. The molecule has 0 radical (unpaired) electrons. The third kappa shape index (κ3) is 2.00. The van der Waals surface area contributed by atoms with E-state index in [1.807, 2.05) is 0 Å². The van der Waals surface area contributed by atoms with Gasteiger partial charge in [0, 0.05) is 6.20 Å². The van der Waals surface area contributed by atoms with Crippen molar-refractivity contribution in [3.63, 3.8) is 0 Å². The van der Waals surface area contributed by atoms with E-state index in [4.69, 9.17) is 15.9 Å². The van der Waals surface area contributed by atoms with Gasteiger partial charge in [0.2, 0.25) is 0 Å². The number of aromatic nitrogens is 1. The fourth-order valence-electron chi connectivity index (χ4n) is 0.581. The Kier molecular flexibility index (Phi) is 3.30. The number of nitrogens with two attached hydrogens (primary N) is 1. The van der Waals surface area contributed by atoms with E-state index >= 15 is 0 Å². The van der Waals surface area contributed by atoms with Crippen LogP contribution >= 0.6 is 12.4 Å². The molecular weight excluding hydrogens is 184 g/mol. The van der Waals surface area contributed by atoms with Crippen molar-refractivity contribution in [3.05, 3.63) is 17.8 Å². The summed E-state index contributed by atoms with van der Waals surface area (Å²) in [5, 5.41) is 17.3.